The lowest BCUT2D eigenvalue weighted by Gasteiger charge is -2.30. The molecule has 1 unspecified atom stereocenters. The minimum absolute atomic E-state index is 0.0173. The van der Waals surface area contributed by atoms with Crippen LogP contribution in [0.15, 0.2) is 41.4 Å². The van der Waals surface area contributed by atoms with Crippen molar-refractivity contribution in [2.75, 3.05) is 38.4 Å². The Morgan fingerprint density at radius 1 is 1.09 bits per heavy atom. The summed E-state index contributed by atoms with van der Waals surface area (Å²) >= 11 is 0. The maximum absolute atomic E-state index is 10.9. The number of carbonyl (C=O) groups is 1. The topological polar surface area (TPSA) is 112 Å². The van der Waals surface area contributed by atoms with E-state index >= 15 is 0 Å². The highest BCUT2D eigenvalue weighted by atomic mass is 16.5. The molecule has 1 aliphatic heterocycles. The fourth-order valence-electron chi connectivity index (χ4n) is 3.84. The monoisotopic (exact) mass is 482 g/mol. The third-order valence-electron chi connectivity index (χ3n) is 5.69. The summed E-state index contributed by atoms with van der Waals surface area (Å²) < 4.78 is 11.5. The number of fused-ring (bicyclic) bond motifs is 2. The van der Waals surface area contributed by atoms with Gasteiger partial charge in [0.1, 0.15) is 36.3 Å². The zero-order valence-corrected chi connectivity index (χ0v) is 20.1. The number of unbranched alkanes of at least 4 members (excludes halogenated alkanes) is 1. The van der Waals surface area contributed by atoms with E-state index in [1.54, 1.807) is 7.05 Å². The predicted octanol–water partition coefficient (Wildman–Crippen LogP) is 3.07. The molecule has 0 saturated heterocycles. The average molecular weight is 483 g/mol. The third kappa shape index (κ3) is 7.39. The summed E-state index contributed by atoms with van der Waals surface area (Å²) in [5.74, 6) is 2.14. The number of amidine groups is 1. The van der Waals surface area contributed by atoms with E-state index in [4.69, 9.17) is 19.7 Å². The van der Waals surface area contributed by atoms with Gasteiger partial charge in [0, 0.05) is 45.5 Å². The lowest BCUT2D eigenvalue weighted by atomic mass is 10.00. The van der Waals surface area contributed by atoms with Crippen LogP contribution < -0.4 is 14.4 Å². The normalized spacial score (nSPS) is 14.9. The second-order valence-corrected chi connectivity index (χ2v) is 8.27. The number of hydrogen-bond donors (Lipinski definition) is 3. The van der Waals surface area contributed by atoms with Gasteiger partial charge in [0.25, 0.3) is 0 Å². The van der Waals surface area contributed by atoms with Gasteiger partial charge >= 0.3 is 0 Å². The Labute approximate surface area is 206 Å². The number of rotatable bonds is 12. The van der Waals surface area contributed by atoms with Crippen LogP contribution >= 0.6 is 0 Å². The van der Waals surface area contributed by atoms with E-state index in [1.807, 2.05) is 42.5 Å². The van der Waals surface area contributed by atoms with Gasteiger partial charge in [-0.3, -0.25) is 4.99 Å². The van der Waals surface area contributed by atoms with Gasteiger partial charge in [0.15, 0.2) is 0 Å². The van der Waals surface area contributed by atoms with Crippen LogP contribution in [-0.2, 0) is 11.3 Å². The second-order valence-electron chi connectivity index (χ2n) is 8.27. The number of aliphatic imine (C=N–C) groups is 1. The quantitative estimate of drug-likeness (QED) is 0.184. The third-order valence-corrected chi connectivity index (χ3v) is 5.69. The van der Waals surface area contributed by atoms with Gasteiger partial charge in [-0.05, 0) is 47.4 Å². The van der Waals surface area contributed by atoms with E-state index in [2.05, 4.69) is 16.0 Å². The number of aldehydes is 1. The Bertz CT molecular complexity index is 1040. The molecular weight excluding hydrogens is 448 g/mol. The molecule has 35 heavy (non-hydrogen) atoms. The number of aliphatic hydroxyl groups excluding tert-OH is 3. The molecule has 0 aliphatic carbocycles. The Morgan fingerprint density at radius 2 is 1.83 bits per heavy atom. The van der Waals surface area contributed by atoms with E-state index in [-0.39, 0.29) is 19.8 Å². The average Bonchev–Trinajstić information content (AvgIpc) is 2.87. The Kier molecular flexibility index (Phi) is 10.3. The first kappa shape index (κ1) is 26.4. The van der Waals surface area contributed by atoms with Gasteiger partial charge in [-0.15, -0.1) is 0 Å². The molecule has 2 aromatic rings. The number of nitrogens with zero attached hydrogens (tertiary/aromatic N) is 2. The lowest BCUT2D eigenvalue weighted by molar-refractivity contribution is -0.107. The Balaban J connectivity index is 1.99. The number of benzene rings is 2. The van der Waals surface area contributed by atoms with Gasteiger partial charge in [-0.1, -0.05) is 18.2 Å². The molecule has 1 aliphatic rings. The van der Waals surface area contributed by atoms with Gasteiger partial charge in [0.05, 0.1) is 18.9 Å². The largest absolute Gasteiger partial charge is 0.493 e. The number of aliphatic hydroxyl groups is 3. The Hall–Kier alpha value is -3.20. The minimum Gasteiger partial charge on any atom is -0.493 e. The first-order valence-corrected chi connectivity index (χ1v) is 11.9. The number of ether oxygens (including phenoxy) is 2. The van der Waals surface area contributed by atoms with Crippen LogP contribution in [-0.4, -0.2) is 67.0 Å². The first-order valence-electron chi connectivity index (χ1n) is 11.9. The lowest BCUT2D eigenvalue weighted by Crippen LogP contribution is -2.32. The van der Waals surface area contributed by atoms with Gasteiger partial charge in [-0.25, -0.2) is 0 Å². The molecule has 0 fully saturated rings. The zero-order valence-electron chi connectivity index (χ0n) is 20.1. The van der Waals surface area contributed by atoms with Crippen LogP contribution in [0.5, 0.6) is 11.5 Å². The molecule has 188 valence electrons. The summed E-state index contributed by atoms with van der Waals surface area (Å²) in [5, 5.41) is 27.8. The van der Waals surface area contributed by atoms with E-state index in [9.17, 15) is 9.90 Å². The highest BCUT2D eigenvalue weighted by molar-refractivity contribution is 6.00. The number of anilines is 1. The maximum atomic E-state index is 10.9. The molecule has 1 heterocycles. The molecule has 8 heteroatoms. The molecular formula is C27H34N2O6. The smallest absolute Gasteiger partial charge is 0.121 e. The van der Waals surface area contributed by atoms with E-state index < -0.39 is 6.10 Å². The van der Waals surface area contributed by atoms with Gasteiger partial charge in [-0.2, -0.15) is 0 Å². The summed E-state index contributed by atoms with van der Waals surface area (Å²) in [6, 6.07) is 11.6. The van der Waals surface area contributed by atoms with Crippen LogP contribution in [0.25, 0.3) is 12.2 Å². The van der Waals surface area contributed by atoms with E-state index in [0.717, 1.165) is 40.2 Å². The highest BCUT2D eigenvalue weighted by Gasteiger charge is 2.21. The summed E-state index contributed by atoms with van der Waals surface area (Å²) in [4.78, 5) is 17.6. The molecule has 8 nitrogen and oxygen atoms in total. The van der Waals surface area contributed by atoms with Crippen molar-refractivity contribution in [2.24, 2.45) is 4.99 Å². The van der Waals surface area contributed by atoms with Crippen LogP contribution in [0.4, 0.5) is 5.69 Å². The second kappa shape index (κ2) is 13.6. The molecule has 3 rings (SSSR count). The van der Waals surface area contributed by atoms with E-state index in [1.165, 1.54) is 0 Å². The fourth-order valence-corrected chi connectivity index (χ4v) is 3.84. The summed E-state index contributed by atoms with van der Waals surface area (Å²) in [6.45, 7) is 0.653. The van der Waals surface area contributed by atoms with Crippen molar-refractivity contribution < 1.29 is 29.6 Å². The van der Waals surface area contributed by atoms with Crippen molar-refractivity contribution in [3.8, 4) is 11.5 Å². The standard InChI is InChI=1S/C27H34N2O6/c1-28-27(5-2-3-12-30)29-17-22-15-24(34-14-4-13-31)10-8-20(22)6-7-21-9-11-25(16-26(21)29)35-19-23(33)18-32/h6-12,15-16,23,31-33H,2-5,13-14,17-19H2,1H3/b7-6-,28-27?. The van der Waals surface area contributed by atoms with Crippen molar-refractivity contribution in [3.63, 3.8) is 0 Å². The van der Waals surface area contributed by atoms with Crippen molar-refractivity contribution >= 4 is 30.0 Å². The summed E-state index contributed by atoms with van der Waals surface area (Å²) in [6.07, 6.45) is 6.41. The number of hydrogen-bond acceptors (Lipinski definition) is 7. The van der Waals surface area contributed by atoms with Crippen LogP contribution in [0.2, 0.25) is 0 Å². The Morgan fingerprint density at radius 3 is 2.54 bits per heavy atom. The molecule has 0 bridgehead atoms. The predicted molar refractivity (Wildman–Crippen MR) is 137 cm³/mol. The van der Waals surface area contributed by atoms with Crippen molar-refractivity contribution in [2.45, 2.75) is 38.3 Å². The first-order chi connectivity index (χ1) is 17.1. The molecule has 0 spiro atoms. The van der Waals surface area contributed by atoms with Crippen molar-refractivity contribution in [3.05, 3.63) is 53.1 Å². The van der Waals surface area contributed by atoms with E-state index in [0.29, 0.717) is 44.6 Å². The van der Waals surface area contributed by atoms with Gasteiger partial charge < -0.3 is 34.5 Å². The molecule has 0 saturated carbocycles. The molecule has 2 aromatic carbocycles. The minimum atomic E-state index is -0.958. The number of carbonyl (C=O) groups excluding carboxylic acids is 1. The molecule has 1 atom stereocenters. The van der Waals surface area contributed by atoms with Crippen LogP contribution in [0, 0.1) is 0 Å². The molecule has 0 aromatic heterocycles. The fraction of sp³-hybridized carbons (Fsp3) is 0.407. The SMILES string of the molecule is CN=C(CCCC=O)N1Cc2cc(OCCCO)ccc2/C=C\c2ccc(OCC(O)CO)cc21. The summed E-state index contributed by atoms with van der Waals surface area (Å²) in [7, 11) is 1.75. The van der Waals surface area contributed by atoms with Crippen molar-refractivity contribution in [1.82, 2.24) is 0 Å². The van der Waals surface area contributed by atoms with Crippen LogP contribution in [0.3, 0.4) is 0 Å². The summed E-state index contributed by atoms with van der Waals surface area (Å²) in [5.41, 5.74) is 3.98. The van der Waals surface area contributed by atoms with Crippen molar-refractivity contribution in [1.29, 1.82) is 0 Å². The maximum Gasteiger partial charge on any atom is 0.121 e. The van der Waals surface area contributed by atoms with Gasteiger partial charge in [0.2, 0.25) is 0 Å². The molecule has 0 amide bonds. The molecule has 3 N–H and O–H groups in total. The van der Waals surface area contributed by atoms with Crippen LogP contribution in [0.1, 0.15) is 42.4 Å². The highest BCUT2D eigenvalue weighted by Crippen LogP contribution is 2.34. The molecule has 0 radical (unpaired) electrons. The zero-order chi connectivity index (χ0) is 25.0.